The molecule has 0 fully saturated rings. The third-order valence-electron chi connectivity index (χ3n) is 1.74. The summed E-state index contributed by atoms with van der Waals surface area (Å²) in [6, 6.07) is 2.16. The van der Waals surface area contributed by atoms with Gasteiger partial charge in [0.1, 0.15) is 0 Å². The minimum atomic E-state index is 0.713. The van der Waals surface area contributed by atoms with Crippen molar-refractivity contribution >= 4 is 15.9 Å². The number of hydrogen-bond acceptors (Lipinski definition) is 1. The van der Waals surface area contributed by atoms with Crippen LogP contribution in [0.4, 0.5) is 0 Å². The highest BCUT2D eigenvalue weighted by Gasteiger charge is 1.91. The lowest BCUT2D eigenvalue weighted by Gasteiger charge is -1.98. The Bertz CT molecular complexity index is 158. The average Bonchev–Trinajstić information content (AvgIpc) is 2.02. The van der Waals surface area contributed by atoms with Crippen molar-refractivity contribution in [3.05, 3.63) is 11.1 Å². The maximum atomic E-state index is 8.27. The van der Waals surface area contributed by atoms with Crippen LogP contribution in [0.2, 0.25) is 0 Å². The number of halogens is 1. The topological polar surface area (TPSA) is 23.8 Å². The smallest absolute Gasteiger partial charge is 0.0621 e. The lowest BCUT2D eigenvalue weighted by atomic mass is 10.1. The fourth-order valence-electron chi connectivity index (χ4n) is 1.05. The highest BCUT2D eigenvalue weighted by atomic mass is 79.9. The molecule has 0 aromatic rings. The Balaban J connectivity index is 2.92. The van der Waals surface area contributed by atoms with Gasteiger partial charge in [-0.2, -0.15) is 5.26 Å². The summed E-state index contributed by atoms with van der Waals surface area (Å²) in [6.07, 6.45) is 7.78. The van der Waals surface area contributed by atoms with Gasteiger partial charge in [0.05, 0.1) is 6.07 Å². The largest absolute Gasteiger partial charge is 0.198 e. The Kier molecular flexibility index (Phi) is 8.59. The number of nitrogens with zero attached hydrogens (tertiary/aromatic N) is 1. The van der Waals surface area contributed by atoms with Crippen molar-refractivity contribution in [3.8, 4) is 6.07 Å². The summed E-state index contributed by atoms with van der Waals surface area (Å²) < 4.78 is 1.10. The molecule has 0 aliphatic carbocycles. The Labute approximate surface area is 83.6 Å². The van der Waals surface area contributed by atoms with E-state index in [0.717, 1.165) is 17.3 Å². The van der Waals surface area contributed by atoms with E-state index >= 15 is 0 Å². The van der Waals surface area contributed by atoms with Crippen molar-refractivity contribution < 1.29 is 0 Å². The van der Waals surface area contributed by atoms with Gasteiger partial charge in [-0.3, -0.25) is 0 Å². The molecule has 2 heteroatoms. The van der Waals surface area contributed by atoms with Crippen LogP contribution < -0.4 is 0 Å². The summed E-state index contributed by atoms with van der Waals surface area (Å²) >= 11 is 3.33. The molecular weight excluding hydrogens is 214 g/mol. The van der Waals surface area contributed by atoms with Crippen molar-refractivity contribution in [3.63, 3.8) is 0 Å². The van der Waals surface area contributed by atoms with Crippen molar-refractivity contribution in [1.29, 1.82) is 5.26 Å². The molecule has 0 atom stereocenters. The Hall–Kier alpha value is -0.290. The lowest BCUT2D eigenvalue weighted by molar-refractivity contribution is 0.623. The molecule has 0 aromatic heterocycles. The van der Waals surface area contributed by atoms with E-state index in [1.165, 1.54) is 25.7 Å². The van der Waals surface area contributed by atoms with Gasteiger partial charge >= 0.3 is 0 Å². The molecule has 68 valence electrons. The summed E-state index contributed by atoms with van der Waals surface area (Å²) in [4.78, 5) is 0. The van der Waals surface area contributed by atoms with Crippen molar-refractivity contribution in [2.45, 2.75) is 44.9 Å². The van der Waals surface area contributed by atoms with Gasteiger partial charge in [-0.1, -0.05) is 41.8 Å². The van der Waals surface area contributed by atoms with Gasteiger partial charge in [0.25, 0.3) is 0 Å². The molecule has 1 nitrogen and oxygen atoms in total. The quantitative estimate of drug-likeness (QED) is 0.602. The SMILES string of the molecule is C=C(Br)CCCCCCCC#N. The van der Waals surface area contributed by atoms with Gasteiger partial charge in [0.2, 0.25) is 0 Å². The third-order valence-corrected chi connectivity index (χ3v) is 2.13. The average molecular weight is 230 g/mol. The highest BCUT2D eigenvalue weighted by Crippen LogP contribution is 2.13. The fraction of sp³-hybridized carbons (Fsp3) is 0.700. The summed E-state index contributed by atoms with van der Waals surface area (Å²) in [6.45, 7) is 3.78. The molecule has 0 spiro atoms. The van der Waals surface area contributed by atoms with Gasteiger partial charge in [0.15, 0.2) is 0 Å². The van der Waals surface area contributed by atoms with Crippen molar-refractivity contribution in [2.75, 3.05) is 0 Å². The van der Waals surface area contributed by atoms with E-state index in [1.807, 2.05) is 0 Å². The second kappa shape index (κ2) is 8.80. The Morgan fingerprint density at radius 1 is 1.17 bits per heavy atom. The lowest BCUT2D eigenvalue weighted by Crippen LogP contribution is -1.79. The molecule has 0 amide bonds. The molecule has 0 unspecified atom stereocenters. The van der Waals surface area contributed by atoms with E-state index in [2.05, 4.69) is 28.6 Å². The zero-order valence-corrected chi connectivity index (χ0v) is 9.07. The minimum absolute atomic E-state index is 0.713. The van der Waals surface area contributed by atoms with Crippen LogP contribution in [0.3, 0.4) is 0 Å². The molecule has 0 saturated carbocycles. The van der Waals surface area contributed by atoms with Crippen LogP contribution in [0.5, 0.6) is 0 Å². The first-order chi connectivity index (χ1) is 5.77. The number of nitriles is 1. The predicted octanol–water partition coefficient (Wildman–Crippen LogP) is 4.15. The van der Waals surface area contributed by atoms with Crippen LogP contribution in [-0.4, -0.2) is 0 Å². The second-order valence-electron chi connectivity index (χ2n) is 2.94. The summed E-state index contributed by atoms with van der Waals surface area (Å²) in [5.74, 6) is 0. The third kappa shape index (κ3) is 9.71. The van der Waals surface area contributed by atoms with Gasteiger partial charge in [-0.25, -0.2) is 0 Å². The molecular formula is C10H16BrN. The fourth-order valence-corrected chi connectivity index (χ4v) is 1.33. The molecule has 0 aliphatic heterocycles. The van der Waals surface area contributed by atoms with E-state index < -0.39 is 0 Å². The highest BCUT2D eigenvalue weighted by molar-refractivity contribution is 9.11. The van der Waals surface area contributed by atoms with Crippen LogP contribution in [0.1, 0.15) is 44.9 Å². The zero-order chi connectivity index (χ0) is 9.23. The first-order valence-electron chi connectivity index (χ1n) is 4.47. The second-order valence-corrected chi connectivity index (χ2v) is 4.06. The molecule has 0 saturated heterocycles. The van der Waals surface area contributed by atoms with Crippen LogP contribution in [-0.2, 0) is 0 Å². The van der Waals surface area contributed by atoms with Crippen LogP contribution in [0.15, 0.2) is 11.1 Å². The molecule has 0 heterocycles. The van der Waals surface area contributed by atoms with Crippen molar-refractivity contribution in [2.24, 2.45) is 0 Å². The standard InChI is InChI=1S/C10H16BrN/c1-10(11)8-6-4-2-3-5-7-9-12/h1-8H2. The van der Waals surface area contributed by atoms with Gasteiger partial charge in [-0.15, -0.1) is 0 Å². The molecule has 0 radical (unpaired) electrons. The first kappa shape index (κ1) is 11.7. The summed E-state index contributed by atoms with van der Waals surface area (Å²) in [7, 11) is 0. The number of hydrogen-bond donors (Lipinski definition) is 0. The summed E-state index contributed by atoms with van der Waals surface area (Å²) in [5, 5.41) is 8.27. The van der Waals surface area contributed by atoms with E-state index in [0.29, 0.717) is 6.42 Å². The molecule has 0 aromatic carbocycles. The Morgan fingerprint density at radius 2 is 1.75 bits per heavy atom. The monoisotopic (exact) mass is 229 g/mol. The van der Waals surface area contributed by atoms with Crippen LogP contribution in [0.25, 0.3) is 0 Å². The molecule has 12 heavy (non-hydrogen) atoms. The molecule has 0 rings (SSSR count). The zero-order valence-electron chi connectivity index (χ0n) is 7.48. The molecule has 0 bridgehead atoms. The summed E-state index contributed by atoms with van der Waals surface area (Å²) in [5.41, 5.74) is 0. The number of rotatable bonds is 7. The maximum Gasteiger partial charge on any atom is 0.0621 e. The van der Waals surface area contributed by atoms with Gasteiger partial charge < -0.3 is 0 Å². The molecule has 0 aliphatic rings. The maximum absolute atomic E-state index is 8.27. The van der Waals surface area contributed by atoms with Gasteiger partial charge in [-0.05, 0) is 23.7 Å². The number of unbranched alkanes of at least 4 members (excludes halogenated alkanes) is 5. The molecule has 0 N–H and O–H groups in total. The van der Waals surface area contributed by atoms with E-state index in [-0.39, 0.29) is 0 Å². The predicted molar refractivity (Wildman–Crippen MR) is 56.0 cm³/mol. The van der Waals surface area contributed by atoms with Gasteiger partial charge in [0, 0.05) is 6.42 Å². The minimum Gasteiger partial charge on any atom is -0.198 e. The van der Waals surface area contributed by atoms with Crippen molar-refractivity contribution in [1.82, 2.24) is 0 Å². The van der Waals surface area contributed by atoms with E-state index in [9.17, 15) is 0 Å². The number of allylic oxidation sites excluding steroid dienone is 1. The normalized spacial score (nSPS) is 9.33. The van der Waals surface area contributed by atoms with Crippen LogP contribution >= 0.6 is 15.9 Å². The Morgan fingerprint density at radius 3 is 2.33 bits per heavy atom. The van der Waals surface area contributed by atoms with E-state index in [4.69, 9.17) is 5.26 Å². The van der Waals surface area contributed by atoms with E-state index in [1.54, 1.807) is 0 Å². The first-order valence-corrected chi connectivity index (χ1v) is 5.27. The van der Waals surface area contributed by atoms with Crippen LogP contribution in [0, 0.1) is 11.3 Å².